The van der Waals surface area contributed by atoms with E-state index in [-0.39, 0.29) is 24.6 Å². The van der Waals surface area contributed by atoms with E-state index in [1.54, 1.807) is 6.20 Å². The Labute approximate surface area is 174 Å². The zero-order chi connectivity index (χ0) is 20.2. The number of benzene rings is 1. The van der Waals surface area contributed by atoms with E-state index in [1.165, 1.54) is 7.11 Å². The number of rotatable bonds is 6. The first-order valence-corrected chi connectivity index (χ1v) is 9.61. The first-order chi connectivity index (χ1) is 14.2. The molecule has 1 amide bonds. The third-order valence-corrected chi connectivity index (χ3v) is 5.06. The zero-order valence-electron chi connectivity index (χ0n) is 15.8. The van der Waals surface area contributed by atoms with Crippen LogP contribution in [0.4, 0.5) is 11.4 Å². The molecule has 0 spiro atoms. The summed E-state index contributed by atoms with van der Waals surface area (Å²) in [5, 5.41) is 6.83. The smallest absolute Gasteiger partial charge is 0.250 e. The first-order valence-electron chi connectivity index (χ1n) is 9.20. The lowest BCUT2D eigenvalue weighted by Gasteiger charge is -2.27. The maximum atomic E-state index is 11.7. The van der Waals surface area contributed by atoms with Gasteiger partial charge in [-0.3, -0.25) is 9.78 Å². The molecule has 1 aliphatic rings. The molecule has 0 aliphatic carbocycles. The number of hydrogen-bond donors (Lipinski definition) is 3. The average molecular weight is 407 g/mol. The highest BCUT2D eigenvalue weighted by molar-refractivity contribution is 7.80. The predicted molar refractivity (Wildman–Crippen MR) is 116 cm³/mol. The molecule has 4 rings (SSSR count). The molecule has 3 aromatic rings. The van der Waals surface area contributed by atoms with Crippen LogP contribution in [0, 0.1) is 0 Å². The van der Waals surface area contributed by atoms with Gasteiger partial charge in [-0.1, -0.05) is 6.07 Å². The van der Waals surface area contributed by atoms with Crippen molar-refractivity contribution in [3.63, 3.8) is 0 Å². The number of aromatic nitrogens is 2. The normalized spacial score (nSPS) is 18.5. The number of carbonyl (C=O) groups is 1. The number of hydrogen-bond acceptors (Lipinski definition) is 4. The molecular weight excluding hydrogens is 386 g/mol. The van der Waals surface area contributed by atoms with E-state index in [1.807, 2.05) is 60.8 Å². The number of anilines is 2. The summed E-state index contributed by atoms with van der Waals surface area (Å²) in [6.07, 6.45) is 3.69. The van der Waals surface area contributed by atoms with Gasteiger partial charge in [-0.2, -0.15) is 0 Å². The lowest BCUT2D eigenvalue weighted by atomic mass is 10.0. The van der Waals surface area contributed by atoms with Crippen LogP contribution in [-0.2, 0) is 9.53 Å². The van der Waals surface area contributed by atoms with Crippen molar-refractivity contribution in [1.29, 1.82) is 0 Å². The molecule has 2 atom stereocenters. The minimum atomic E-state index is -0.196. The Balaban J connectivity index is 1.65. The van der Waals surface area contributed by atoms with E-state index in [4.69, 9.17) is 17.0 Å². The van der Waals surface area contributed by atoms with Gasteiger partial charge in [0.2, 0.25) is 5.91 Å². The van der Waals surface area contributed by atoms with Gasteiger partial charge in [0.25, 0.3) is 0 Å². The van der Waals surface area contributed by atoms with Crippen LogP contribution in [0.15, 0.2) is 67.0 Å². The topological polar surface area (TPSA) is 82.3 Å². The molecular formula is C21H21N5O2S. The van der Waals surface area contributed by atoms with Crippen molar-refractivity contribution in [2.45, 2.75) is 12.1 Å². The van der Waals surface area contributed by atoms with Gasteiger partial charge in [0.05, 0.1) is 11.7 Å². The molecule has 29 heavy (non-hydrogen) atoms. The van der Waals surface area contributed by atoms with Crippen LogP contribution in [0.5, 0.6) is 0 Å². The third-order valence-electron chi connectivity index (χ3n) is 4.74. The lowest BCUT2D eigenvalue weighted by molar-refractivity contribution is -0.119. The Bertz CT molecular complexity index is 976. The fourth-order valence-corrected chi connectivity index (χ4v) is 3.86. The average Bonchev–Trinajstić information content (AvgIpc) is 3.37. The van der Waals surface area contributed by atoms with E-state index < -0.39 is 0 Å². The number of H-pyrrole nitrogens is 1. The molecule has 8 heteroatoms. The Morgan fingerprint density at radius 1 is 1.21 bits per heavy atom. The van der Waals surface area contributed by atoms with Gasteiger partial charge < -0.3 is 25.3 Å². The number of pyridine rings is 1. The van der Waals surface area contributed by atoms with Gasteiger partial charge in [0.15, 0.2) is 5.11 Å². The van der Waals surface area contributed by atoms with Gasteiger partial charge in [-0.05, 0) is 60.7 Å². The summed E-state index contributed by atoms with van der Waals surface area (Å²) in [5.74, 6) is -0.196. The van der Waals surface area contributed by atoms with Crippen LogP contribution in [0.2, 0.25) is 0 Å². The fraction of sp³-hybridized carbons (Fsp3) is 0.190. The van der Waals surface area contributed by atoms with Gasteiger partial charge >= 0.3 is 0 Å². The summed E-state index contributed by atoms with van der Waals surface area (Å²) in [6, 6.07) is 17.3. The maximum absolute atomic E-state index is 11.7. The predicted octanol–water partition coefficient (Wildman–Crippen LogP) is 3.17. The number of thiocarbonyl (C=S) groups is 1. The van der Waals surface area contributed by atoms with Crippen molar-refractivity contribution in [2.75, 3.05) is 23.9 Å². The van der Waals surface area contributed by atoms with E-state index in [0.29, 0.717) is 10.8 Å². The van der Waals surface area contributed by atoms with Crippen molar-refractivity contribution in [2.24, 2.45) is 0 Å². The van der Waals surface area contributed by atoms with E-state index in [9.17, 15) is 4.79 Å². The quantitative estimate of drug-likeness (QED) is 0.545. The van der Waals surface area contributed by atoms with E-state index >= 15 is 0 Å². The Hall–Kier alpha value is -3.23. The molecule has 0 radical (unpaired) electrons. The maximum Gasteiger partial charge on any atom is 0.250 e. The highest BCUT2D eigenvalue weighted by atomic mass is 32.1. The van der Waals surface area contributed by atoms with Crippen LogP contribution in [0.25, 0.3) is 0 Å². The Morgan fingerprint density at radius 3 is 2.69 bits per heavy atom. The first kappa shape index (κ1) is 19.1. The van der Waals surface area contributed by atoms with Crippen molar-refractivity contribution < 1.29 is 9.53 Å². The summed E-state index contributed by atoms with van der Waals surface area (Å²) in [5.41, 5.74) is 3.57. The summed E-state index contributed by atoms with van der Waals surface area (Å²) < 4.78 is 4.85. The lowest BCUT2D eigenvalue weighted by Crippen LogP contribution is -2.29. The molecule has 1 aromatic carbocycles. The van der Waals surface area contributed by atoms with Crippen LogP contribution < -0.4 is 15.5 Å². The fourth-order valence-electron chi connectivity index (χ4n) is 3.51. The minimum absolute atomic E-state index is 0.0164. The molecule has 1 fully saturated rings. The number of ether oxygens (including phenoxy) is 1. The van der Waals surface area contributed by atoms with E-state index in [0.717, 1.165) is 17.1 Å². The molecule has 1 aliphatic heterocycles. The minimum Gasteiger partial charge on any atom is -0.375 e. The second-order valence-corrected chi connectivity index (χ2v) is 7.04. The van der Waals surface area contributed by atoms with Gasteiger partial charge in [0.1, 0.15) is 12.6 Å². The highest BCUT2D eigenvalue weighted by Crippen LogP contribution is 2.40. The van der Waals surface area contributed by atoms with Gasteiger partial charge in [-0.15, -0.1) is 0 Å². The highest BCUT2D eigenvalue weighted by Gasteiger charge is 2.41. The third kappa shape index (κ3) is 3.98. The molecule has 2 aromatic heterocycles. The van der Waals surface area contributed by atoms with E-state index in [2.05, 4.69) is 25.5 Å². The SMILES string of the molecule is COCC(=O)Nc1ccc(N2C(=S)NC(c3ccccn3)C2c2ccc[nH]2)cc1. The Morgan fingerprint density at radius 2 is 2.03 bits per heavy atom. The van der Waals surface area contributed by atoms with Gasteiger partial charge in [-0.25, -0.2) is 0 Å². The molecule has 3 heterocycles. The molecule has 3 N–H and O–H groups in total. The summed E-state index contributed by atoms with van der Waals surface area (Å²) in [6.45, 7) is 0.0164. The standard InChI is InChI=1S/C21H21N5O2S/c1-28-13-18(27)24-14-7-9-15(10-8-14)26-20(17-6-4-12-23-17)19(25-21(26)29)16-5-2-3-11-22-16/h2-12,19-20,23H,13H2,1H3,(H,24,27)(H,25,29). The van der Waals surface area contributed by atoms with Crippen molar-refractivity contribution in [1.82, 2.24) is 15.3 Å². The van der Waals surface area contributed by atoms with Crippen LogP contribution in [-0.4, -0.2) is 34.7 Å². The summed E-state index contributed by atoms with van der Waals surface area (Å²) in [7, 11) is 1.49. The number of carbonyl (C=O) groups excluding carboxylic acids is 1. The van der Waals surface area contributed by atoms with Crippen LogP contribution >= 0.6 is 12.2 Å². The van der Waals surface area contributed by atoms with Crippen LogP contribution in [0.3, 0.4) is 0 Å². The van der Waals surface area contributed by atoms with Gasteiger partial charge in [0, 0.05) is 36.6 Å². The molecule has 0 bridgehead atoms. The number of nitrogens with zero attached hydrogens (tertiary/aromatic N) is 2. The molecule has 1 saturated heterocycles. The van der Waals surface area contributed by atoms with Crippen LogP contribution in [0.1, 0.15) is 23.5 Å². The molecule has 0 saturated carbocycles. The van der Waals surface area contributed by atoms with Crippen molar-refractivity contribution in [3.8, 4) is 0 Å². The summed E-state index contributed by atoms with van der Waals surface area (Å²) in [4.78, 5) is 21.6. The number of methoxy groups -OCH3 is 1. The number of nitrogens with one attached hydrogen (secondary N) is 3. The number of amides is 1. The Kier molecular flexibility index (Phi) is 5.55. The number of aromatic amines is 1. The molecule has 2 unspecified atom stereocenters. The monoisotopic (exact) mass is 407 g/mol. The largest absolute Gasteiger partial charge is 0.375 e. The van der Waals surface area contributed by atoms with Crippen molar-refractivity contribution in [3.05, 3.63) is 78.4 Å². The zero-order valence-corrected chi connectivity index (χ0v) is 16.6. The molecule has 7 nitrogen and oxygen atoms in total. The summed E-state index contributed by atoms with van der Waals surface area (Å²) >= 11 is 5.67. The second kappa shape index (κ2) is 8.42. The van der Waals surface area contributed by atoms with Crippen molar-refractivity contribution >= 4 is 34.6 Å². The molecule has 148 valence electrons. The second-order valence-electron chi connectivity index (χ2n) is 6.65.